The van der Waals surface area contributed by atoms with Gasteiger partial charge < -0.3 is 50.6 Å². The number of carbonyl (C=O) groups is 6. The normalized spacial score (nSPS) is 31.9. The molecule has 4 aliphatic heterocycles. The monoisotopic (exact) mass is 1110 g/mol. The van der Waals surface area contributed by atoms with E-state index in [1.165, 1.54) is 19.9 Å². The second-order valence-electron chi connectivity index (χ2n) is 22.9. The molecule has 0 aromatic heterocycles. The van der Waals surface area contributed by atoms with Crippen molar-refractivity contribution < 1.29 is 67.4 Å². The van der Waals surface area contributed by atoms with Crippen LogP contribution in [0.5, 0.6) is 5.75 Å². The van der Waals surface area contributed by atoms with Crippen molar-refractivity contribution in [2.45, 2.75) is 194 Å². The quantitative estimate of drug-likeness (QED) is 0.0522. The number of benzene rings is 1. The second kappa shape index (κ2) is 29.2. The first kappa shape index (κ1) is 64.2. The molecular weight excluding hydrogens is 1020 g/mol. The Kier molecular flexibility index (Phi) is 23.8. The summed E-state index contributed by atoms with van der Waals surface area (Å²) in [5, 5.41) is 54.1. The summed E-state index contributed by atoms with van der Waals surface area (Å²) in [4.78, 5) is 82.1. The summed E-state index contributed by atoms with van der Waals surface area (Å²) < 4.78 is 41.7. The number of allylic oxidation sites excluding steroid dienone is 5. The fourth-order valence-electron chi connectivity index (χ4n) is 11.0. The molecule has 5 rings (SSSR count). The van der Waals surface area contributed by atoms with Gasteiger partial charge in [0.15, 0.2) is 23.1 Å². The number of nitrogens with one attached hydrogen (secondary N) is 4. The lowest BCUT2D eigenvalue weighted by Gasteiger charge is -2.51. The Bertz CT molecular complexity index is 2460. The highest BCUT2D eigenvalue weighted by molar-refractivity contribution is 5.93. The van der Waals surface area contributed by atoms with Gasteiger partial charge in [-0.2, -0.15) is 4.39 Å². The number of amides is 4. The summed E-state index contributed by atoms with van der Waals surface area (Å²) in [5.41, 5.74) is 3.64. The zero-order valence-electron chi connectivity index (χ0n) is 47.7. The molecule has 19 heteroatoms. The van der Waals surface area contributed by atoms with E-state index in [1.54, 1.807) is 39.0 Å². The number of Topliss-reactive ketones (excluding diaryl/α,β-unsaturated/α-hetero) is 1. The number of rotatable bonds is 15. The molecule has 8 N–H and O–H groups in total. The summed E-state index contributed by atoms with van der Waals surface area (Å²) >= 11 is 0. The van der Waals surface area contributed by atoms with Gasteiger partial charge in [0.1, 0.15) is 30.0 Å². The van der Waals surface area contributed by atoms with Crippen LogP contribution in [0.1, 0.15) is 139 Å². The number of carbonyl (C=O) groups excluding carboxylic acids is 6. The Hall–Kier alpha value is -5.60. The minimum atomic E-state index is -1.52. The molecular formula is C60H87F2N5O12. The smallest absolute Gasteiger partial charge is 0.325 e. The highest BCUT2D eigenvalue weighted by atomic mass is 19.2. The van der Waals surface area contributed by atoms with Crippen molar-refractivity contribution in [3.8, 4) is 5.75 Å². The number of piperidine rings is 1. The molecule has 4 heterocycles. The van der Waals surface area contributed by atoms with E-state index >= 15 is 0 Å². The molecule has 17 nitrogen and oxygen atoms in total. The van der Waals surface area contributed by atoms with E-state index in [2.05, 4.69) is 41.3 Å². The maximum atomic E-state index is 14.6. The third-order valence-corrected chi connectivity index (χ3v) is 16.4. The predicted octanol–water partition coefficient (Wildman–Crippen LogP) is 6.63. The number of halogens is 2. The van der Waals surface area contributed by atoms with Gasteiger partial charge >= 0.3 is 5.97 Å². The largest absolute Gasteiger partial charge is 0.505 e. The van der Waals surface area contributed by atoms with E-state index in [1.807, 2.05) is 39.0 Å². The van der Waals surface area contributed by atoms with E-state index in [-0.39, 0.29) is 79.3 Å². The molecule has 2 saturated heterocycles. The van der Waals surface area contributed by atoms with Crippen molar-refractivity contribution in [2.24, 2.45) is 41.4 Å². The summed E-state index contributed by atoms with van der Waals surface area (Å²) in [6, 6.07) is -2.18. The molecule has 438 valence electrons. The molecule has 0 aliphatic carbocycles. The summed E-state index contributed by atoms with van der Waals surface area (Å²) in [5.74, 6) is -10.1. The van der Waals surface area contributed by atoms with Gasteiger partial charge in [0.2, 0.25) is 17.7 Å². The molecule has 2 bridgehead atoms. The van der Waals surface area contributed by atoms with Crippen LogP contribution in [0.25, 0.3) is 0 Å². The molecule has 15 atom stereocenters. The van der Waals surface area contributed by atoms with Gasteiger partial charge in [-0.1, -0.05) is 97.1 Å². The lowest BCUT2D eigenvalue weighted by Crippen LogP contribution is -2.64. The highest BCUT2D eigenvalue weighted by Gasteiger charge is 2.51. The number of hydrazine groups is 1. The number of esters is 1. The van der Waals surface area contributed by atoms with Gasteiger partial charge in [-0.05, 0) is 106 Å². The van der Waals surface area contributed by atoms with Crippen LogP contribution in [-0.2, 0) is 44.7 Å². The highest BCUT2D eigenvalue weighted by Crippen LogP contribution is 2.43. The zero-order valence-corrected chi connectivity index (χ0v) is 47.7. The molecule has 1 unspecified atom stereocenters. The Labute approximate surface area is 464 Å². The van der Waals surface area contributed by atoms with Crippen LogP contribution in [0.15, 0.2) is 71.9 Å². The van der Waals surface area contributed by atoms with E-state index in [0.717, 1.165) is 35.6 Å². The van der Waals surface area contributed by atoms with Gasteiger partial charge in [0.05, 0.1) is 30.3 Å². The van der Waals surface area contributed by atoms with Gasteiger partial charge in [0.25, 0.3) is 5.91 Å². The van der Waals surface area contributed by atoms with Crippen LogP contribution in [0.3, 0.4) is 0 Å². The molecule has 4 aliphatic rings. The number of ketones is 1. The Morgan fingerprint density at radius 1 is 1.00 bits per heavy atom. The maximum Gasteiger partial charge on any atom is 0.325 e. The number of aliphatic hydroxyl groups excluding tert-OH is 3. The molecule has 2 fully saturated rings. The summed E-state index contributed by atoms with van der Waals surface area (Å²) in [7, 11) is 0. The molecule has 4 amide bonds. The van der Waals surface area contributed by atoms with Crippen LogP contribution >= 0.6 is 0 Å². The van der Waals surface area contributed by atoms with Crippen LogP contribution in [0, 0.1) is 53.1 Å². The first-order valence-electron chi connectivity index (χ1n) is 28.2. The second-order valence-corrected chi connectivity index (χ2v) is 22.9. The number of phenols is 1. The van der Waals surface area contributed by atoms with E-state index in [9.17, 15) is 58.0 Å². The third-order valence-electron chi connectivity index (χ3n) is 16.4. The van der Waals surface area contributed by atoms with Crippen molar-refractivity contribution in [3.05, 3.63) is 89.1 Å². The maximum absolute atomic E-state index is 14.6. The molecule has 1 spiro atoms. The first-order valence-corrected chi connectivity index (χ1v) is 28.2. The number of hydrogen-bond acceptors (Lipinski definition) is 13. The van der Waals surface area contributed by atoms with Crippen LogP contribution in [-0.4, -0.2) is 122 Å². The fourth-order valence-corrected chi connectivity index (χ4v) is 11.0. The minimum absolute atomic E-state index is 0.00747. The lowest BCUT2D eigenvalue weighted by molar-refractivity contribution is -0.179. The third kappa shape index (κ3) is 17.0. The number of phenolic OH excluding ortho intramolecular Hbond substituents is 1. The van der Waals surface area contributed by atoms with Gasteiger partial charge in [-0.15, -0.1) is 0 Å². The SMILES string of the molecule is CC[C@H]1C[C@H](C)[C@@]2(NC1=O)O[C@@H](C[C@H](O)[C@@H](C)CCC=CC=C(C)[C@@H]1CC=CC=C[C@H](O)[C@H](C)[C@@H](O)[C@@H](CCC(C)=O)C(=O)N[C@@H](C(C)C)C(=O)N[C@@H](Cc3cc(O)c(F)c(F)c3)C(=O)N3CCCC(N3)C(=O)O1)[C@H](C)C=C2C. The Morgan fingerprint density at radius 3 is 2.39 bits per heavy atom. The molecule has 0 saturated carbocycles. The number of ether oxygens (including phenoxy) is 2. The minimum Gasteiger partial charge on any atom is -0.505 e. The van der Waals surface area contributed by atoms with Gasteiger partial charge in [-0.3, -0.25) is 29.0 Å². The van der Waals surface area contributed by atoms with Crippen LogP contribution in [0.4, 0.5) is 8.78 Å². The number of fused-ring (bicyclic) bond motifs is 2. The molecule has 0 radical (unpaired) electrons. The Morgan fingerprint density at radius 2 is 1.72 bits per heavy atom. The average molecular weight is 1110 g/mol. The van der Waals surface area contributed by atoms with Crippen molar-refractivity contribution in [1.82, 2.24) is 26.4 Å². The lowest BCUT2D eigenvalue weighted by atomic mass is 9.75. The van der Waals surface area contributed by atoms with Crippen LogP contribution < -0.4 is 21.4 Å². The van der Waals surface area contributed by atoms with E-state index < -0.39 is 114 Å². The van der Waals surface area contributed by atoms with Crippen molar-refractivity contribution in [3.63, 3.8) is 0 Å². The number of nitrogens with zero attached hydrogens (tertiary/aromatic N) is 1. The Balaban J connectivity index is 1.36. The zero-order chi connectivity index (χ0) is 58.5. The first-order chi connectivity index (χ1) is 37.3. The van der Waals surface area contributed by atoms with Crippen molar-refractivity contribution >= 4 is 35.4 Å². The topological polar surface area (TPSA) is 253 Å². The average Bonchev–Trinajstić information content (AvgIpc) is 3.48. The summed E-state index contributed by atoms with van der Waals surface area (Å²) in [6.07, 6.45) is 12.9. The number of cyclic esters (lactones) is 1. The molecule has 1 aromatic carbocycles. The molecule has 1 aromatic rings. The predicted molar refractivity (Wildman–Crippen MR) is 294 cm³/mol. The number of hydrogen-bond donors (Lipinski definition) is 8. The number of aromatic hydroxyl groups is 1. The van der Waals surface area contributed by atoms with Gasteiger partial charge in [0, 0.05) is 55.9 Å². The van der Waals surface area contributed by atoms with E-state index in [0.29, 0.717) is 31.3 Å². The van der Waals surface area contributed by atoms with Crippen molar-refractivity contribution in [1.29, 1.82) is 0 Å². The van der Waals surface area contributed by atoms with Gasteiger partial charge in [-0.25, -0.2) is 9.82 Å². The van der Waals surface area contributed by atoms with Crippen LogP contribution in [0.2, 0.25) is 0 Å². The van der Waals surface area contributed by atoms with Crippen molar-refractivity contribution in [2.75, 3.05) is 6.54 Å². The fraction of sp³-hybridized carbons (Fsp3) is 0.633. The molecule has 79 heavy (non-hydrogen) atoms. The van der Waals surface area contributed by atoms with E-state index in [4.69, 9.17) is 9.47 Å². The standard InChI is InChI=1S/C60H87F2N5O12/c1-11-42-28-38(8)60(65-55(42)73)37(7)27-36(6)51(79-60)32-48(70)34(4)19-14-12-15-20-35(5)50-23-17-13-16-22-47(69)40(10)54(72)43(25-24-39(9)68)56(74)64-53(33(2)3)57(75)63-46(30-41-29-44(61)52(62)49(71)31-41)58(76)67-26-18-21-45(66-67)59(77)78-50/h12-13,15-17,20,22,27,29,31,33-34,36,38,40,42-43,45-48,50-51,53-54,66,69-72H,11,14,18-19,21,23-26,28,30,32H2,1-10H3,(H,63,75)(H,64,74)(H,65,73)/t34-,36+,38-,40-,42-,43+,45?,46-,47-,48-,50-,51-,53-,54+,60-/m0/s1. The summed E-state index contributed by atoms with van der Waals surface area (Å²) in [6.45, 7) is 18.2. The number of aliphatic hydroxyl groups is 3.